The fourth-order valence-electron chi connectivity index (χ4n) is 2.22. The van der Waals surface area contributed by atoms with Gasteiger partial charge < -0.3 is 5.73 Å². The molecule has 1 amide bonds. The van der Waals surface area contributed by atoms with E-state index in [1.165, 1.54) is 0 Å². The Hall–Kier alpha value is -0.530. The van der Waals surface area contributed by atoms with Gasteiger partial charge in [0.2, 0.25) is 5.91 Å². The third kappa shape index (κ3) is 3.69. The fraction of sp³-hybridized carbons (Fsp3) is 0.917. The number of amides is 1. The van der Waals surface area contributed by atoms with Crippen LogP contribution in [0.5, 0.6) is 0 Å². The van der Waals surface area contributed by atoms with Crippen LogP contribution in [-0.4, -0.2) is 5.91 Å². The minimum atomic E-state index is -0.209. The summed E-state index contributed by atoms with van der Waals surface area (Å²) >= 11 is 0. The Morgan fingerprint density at radius 2 is 1.50 bits per heavy atom. The van der Waals surface area contributed by atoms with Crippen molar-refractivity contribution < 1.29 is 4.79 Å². The summed E-state index contributed by atoms with van der Waals surface area (Å²) in [5, 5.41) is 0. The highest BCUT2D eigenvalue weighted by Gasteiger charge is 2.33. The van der Waals surface area contributed by atoms with Crippen molar-refractivity contribution in [3.8, 4) is 0 Å². The first-order valence-corrected chi connectivity index (χ1v) is 5.92. The molecule has 0 atom stereocenters. The van der Waals surface area contributed by atoms with Crippen molar-refractivity contribution >= 4 is 5.91 Å². The zero-order chi connectivity index (χ0) is 11.0. The minimum absolute atomic E-state index is 0.0883. The third-order valence-corrected chi connectivity index (χ3v) is 2.99. The molecule has 0 aliphatic heterocycles. The van der Waals surface area contributed by atoms with Gasteiger partial charge in [-0.2, -0.15) is 0 Å². The molecule has 0 aromatic carbocycles. The second-order valence-corrected chi connectivity index (χ2v) is 4.25. The van der Waals surface area contributed by atoms with E-state index in [1.54, 1.807) is 0 Å². The first kappa shape index (κ1) is 13.5. The van der Waals surface area contributed by atoms with E-state index in [4.69, 9.17) is 5.73 Å². The average Bonchev–Trinajstić information content (AvgIpc) is 2.14. The van der Waals surface area contributed by atoms with Gasteiger partial charge in [0.25, 0.3) is 0 Å². The number of carbonyl (C=O) groups is 1. The summed E-state index contributed by atoms with van der Waals surface area (Å²) in [5.74, 6) is -0.0883. The van der Waals surface area contributed by atoms with Crippen molar-refractivity contribution in [2.24, 2.45) is 11.1 Å². The van der Waals surface area contributed by atoms with Gasteiger partial charge in [0, 0.05) is 5.41 Å². The lowest BCUT2D eigenvalue weighted by Crippen LogP contribution is -2.37. The van der Waals surface area contributed by atoms with Gasteiger partial charge >= 0.3 is 0 Å². The number of hydrogen-bond donors (Lipinski definition) is 1. The molecule has 0 bridgehead atoms. The molecule has 0 saturated carbocycles. The van der Waals surface area contributed by atoms with Gasteiger partial charge in [-0.1, -0.05) is 46.5 Å². The van der Waals surface area contributed by atoms with E-state index in [9.17, 15) is 4.79 Å². The number of unbranched alkanes of at least 4 members (excludes halogenated alkanes) is 1. The van der Waals surface area contributed by atoms with Crippen molar-refractivity contribution in [2.45, 2.75) is 65.7 Å². The monoisotopic (exact) mass is 199 g/mol. The number of hydrogen-bond acceptors (Lipinski definition) is 1. The Morgan fingerprint density at radius 3 is 1.79 bits per heavy atom. The molecule has 84 valence electrons. The predicted octanol–water partition coefficient (Wildman–Crippen LogP) is 3.25. The van der Waals surface area contributed by atoms with Crippen LogP contribution in [0.15, 0.2) is 0 Å². The van der Waals surface area contributed by atoms with Crippen LogP contribution in [0.3, 0.4) is 0 Å². The molecular weight excluding hydrogens is 174 g/mol. The third-order valence-electron chi connectivity index (χ3n) is 2.99. The molecule has 2 N–H and O–H groups in total. The van der Waals surface area contributed by atoms with Gasteiger partial charge in [0.05, 0.1) is 0 Å². The molecule has 0 fully saturated rings. The average molecular weight is 199 g/mol. The van der Waals surface area contributed by atoms with Crippen molar-refractivity contribution in [1.29, 1.82) is 0 Å². The summed E-state index contributed by atoms with van der Waals surface area (Å²) < 4.78 is 0. The molecule has 0 aliphatic rings. The standard InChI is InChI=1S/C12H25NO/c1-4-7-10-12(8-5-2,9-6-3)11(13)14/h4-10H2,1-3H3,(H2,13,14). The molecule has 2 nitrogen and oxygen atoms in total. The molecule has 0 aromatic rings. The summed E-state index contributed by atoms with van der Waals surface area (Å²) in [4.78, 5) is 11.5. The topological polar surface area (TPSA) is 43.1 Å². The summed E-state index contributed by atoms with van der Waals surface area (Å²) in [6.45, 7) is 6.40. The van der Waals surface area contributed by atoms with Crippen molar-refractivity contribution in [2.75, 3.05) is 0 Å². The van der Waals surface area contributed by atoms with Crippen LogP contribution < -0.4 is 5.73 Å². The van der Waals surface area contributed by atoms with Gasteiger partial charge in [-0.3, -0.25) is 4.79 Å². The molecule has 0 radical (unpaired) electrons. The lowest BCUT2D eigenvalue weighted by atomic mass is 9.74. The van der Waals surface area contributed by atoms with E-state index < -0.39 is 0 Å². The van der Waals surface area contributed by atoms with E-state index >= 15 is 0 Å². The predicted molar refractivity (Wildman–Crippen MR) is 61.0 cm³/mol. The molecule has 0 aliphatic carbocycles. The van der Waals surface area contributed by atoms with Gasteiger partial charge in [-0.25, -0.2) is 0 Å². The van der Waals surface area contributed by atoms with Crippen molar-refractivity contribution in [1.82, 2.24) is 0 Å². The molecule has 0 unspecified atom stereocenters. The maximum absolute atomic E-state index is 11.5. The zero-order valence-corrected chi connectivity index (χ0v) is 9.94. The highest BCUT2D eigenvalue weighted by molar-refractivity contribution is 5.80. The molecule has 14 heavy (non-hydrogen) atoms. The molecule has 0 heterocycles. The molecular formula is C12H25NO. The highest BCUT2D eigenvalue weighted by atomic mass is 16.1. The largest absolute Gasteiger partial charge is 0.369 e. The van der Waals surface area contributed by atoms with Crippen LogP contribution >= 0.6 is 0 Å². The first-order chi connectivity index (χ1) is 6.63. The van der Waals surface area contributed by atoms with E-state index in [0.717, 1.165) is 44.9 Å². The van der Waals surface area contributed by atoms with Gasteiger partial charge in [0.1, 0.15) is 0 Å². The minimum Gasteiger partial charge on any atom is -0.369 e. The van der Waals surface area contributed by atoms with Crippen LogP contribution in [0, 0.1) is 5.41 Å². The van der Waals surface area contributed by atoms with E-state index in [2.05, 4.69) is 20.8 Å². The summed E-state index contributed by atoms with van der Waals surface area (Å²) in [5.41, 5.74) is 5.34. The van der Waals surface area contributed by atoms with Crippen LogP contribution in [0.4, 0.5) is 0 Å². The number of carbonyl (C=O) groups excluding carboxylic acids is 1. The summed E-state index contributed by atoms with van der Waals surface area (Å²) in [6, 6.07) is 0. The molecule has 0 rings (SSSR count). The van der Waals surface area contributed by atoms with Crippen molar-refractivity contribution in [3.63, 3.8) is 0 Å². The second kappa shape index (κ2) is 6.86. The normalized spacial score (nSPS) is 11.6. The molecule has 0 aromatic heterocycles. The van der Waals surface area contributed by atoms with Crippen molar-refractivity contribution in [3.05, 3.63) is 0 Å². The lowest BCUT2D eigenvalue weighted by Gasteiger charge is -2.30. The summed E-state index contributed by atoms with van der Waals surface area (Å²) in [6.07, 6.45) is 7.23. The van der Waals surface area contributed by atoms with Crippen LogP contribution in [0.25, 0.3) is 0 Å². The molecule has 0 spiro atoms. The van der Waals surface area contributed by atoms with Gasteiger partial charge in [-0.15, -0.1) is 0 Å². The first-order valence-electron chi connectivity index (χ1n) is 5.92. The lowest BCUT2D eigenvalue weighted by molar-refractivity contribution is -0.129. The maximum Gasteiger partial charge on any atom is 0.223 e. The zero-order valence-electron chi connectivity index (χ0n) is 9.94. The fourth-order valence-corrected chi connectivity index (χ4v) is 2.22. The number of nitrogens with two attached hydrogens (primary N) is 1. The van der Waals surface area contributed by atoms with Gasteiger partial charge in [0.15, 0.2) is 0 Å². The maximum atomic E-state index is 11.5. The Labute approximate surface area is 88.3 Å². The SMILES string of the molecule is CCCCC(CCC)(CCC)C(N)=O. The second-order valence-electron chi connectivity index (χ2n) is 4.25. The Morgan fingerprint density at radius 1 is 1.00 bits per heavy atom. The Balaban J connectivity index is 4.46. The van der Waals surface area contributed by atoms with Gasteiger partial charge in [-0.05, 0) is 19.3 Å². The van der Waals surface area contributed by atoms with E-state index in [0.29, 0.717) is 0 Å². The summed E-state index contributed by atoms with van der Waals surface area (Å²) in [7, 11) is 0. The Bertz CT molecular complexity index is 160. The highest BCUT2D eigenvalue weighted by Crippen LogP contribution is 2.35. The quantitative estimate of drug-likeness (QED) is 0.640. The van der Waals surface area contributed by atoms with E-state index in [-0.39, 0.29) is 11.3 Å². The number of primary amides is 1. The molecule has 0 saturated heterocycles. The number of rotatable bonds is 8. The van der Waals surface area contributed by atoms with E-state index in [1.807, 2.05) is 0 Å². The van der Waals surface area contributed by atoms with Crippen LogP contribution in [0.2, 0.25) is 0 Å². The smallest absolute Gasteiger partial charge is 0.223 e. The van der Waals surface area contributed by atoms with Crippen LogP contribution in [0.1, 0.15) is 65.7 Å². The Kier molecular flexibility index (Phi) is 6.60. The van der Waals surface area contributed by atoms with Crippen LogP contribution in [-0.2, 0) is 4.79 Å². The molecule has 2 heteroatoms.